The second kappa shape index (κ2) is 6.51. The van der Waals surface area contributed by atoms with Crippen molar-refractivity contribution >= 4 is 16.9 Å². The Labute approximate surface area is 140 Å². The topological polar surface area (TPSA) is 9.72 Å². The van der Waals surface area contributed by atoms with Crippen LogP contribution in [0.15, 0.2) is 24.4 Å². The minimum absolute atomic E-state index is 0.0218. The first-order valence-corrected chi connectivity index (χ1v) is 8.10. The molecule has 0 atom stereocenters. The molecular weight excluding hydrogens is 315 g/mol. The zero-order valence-electron chi connectivity index (χ0n) is 14.1. The van der Waals surface area contributed by atoms with Gasteiger partial charge in [0.15, 0.2) is 5.82 Å². The van der Waals surface area contributed by atoms with Gasteiger partial charge in [-0.25, -0.2) is 13.2 Å². The van der Waals surface area contributed by atoms with E-state index in [4.69, 9.17) is 0 Å². The van der Waals surface area contributed by atoms with Gasteiger partial charge in [-0.1, -0.05) is 6.58 Å². The number of nitrogens with zero attached hydrogens (tertiary/aromatic N) is 3. The molecule has 0 aromatic heterocycles. The number of fused-ring (bicyclic) bond motifs is 1. The normalized spacial score (nSPS) is 18.7. The van der Waals surface area contributed by atoms with E-state index in [2.05, 4.69) is 11.5 Å². The molecule has 1 aromatic carbocycles. The third-order valence-electron chi connectivity index (χ3n) is 4.75. The fourth-order valence-electron chi connectivity index (χ4n) is 3.29. The summed E-state index contributed by atoms with van der Waals surface area (Å²) in [5.41, 5.74) is 1.95. The van der Waals surface area contributed by atoms with Crippen LogP contribution in [0.25, 0.3) is 5.57 Å². The van der Waals surface area contributed by atoms with Crippen molar-refractivity contribution in [3.8, 4) is 0 Å². The van der Waals surface area contributed by atoms with Gasteiger partial charge in [0, 0.05) is 37.9 Å². The molecule has 1 saturated heterocycles. The van der Waals surface area contributed by atoms with Gasteiger partial charge in [0.05, 0.1) is 12.2 Å². The van der Waals surface area contributed by atoms with Gasteiger partial charge in [-0.2, -0.15) is 0 Å². The number of likely N-dealkylation sites (N-methyl/N-ethyl adjacent to an activating group) is 1. The maximum absolute atomic E-state index is 15.2. The summed E-state index contributed by atoms with van der Waals surface area (Å²) in [6.45, 7) is 7.75. The van der Waals surface area contributed by atoms with E-state index in [1.165, 1.54) is 11.0 Å². The molecule has 1 fully saturated rings. The molecule has 24 heavy (non-hydrogen) atoms. The van der Waals surface area contributed by atoms with Gasteiger partial charge in [-0.15, -0.1) is 0 Å². The van der Waals surface area contributed by atoms with Gasteiger partial charge in [0.2, 0.25) is 0 Å². The predicted octanol–water partition coefficient (Wildman–Crippen LogP) is 3.42. The molecule has 0 amide bonds. The highest BCUT2D eigenvalue weighted by Gasteiger charge is 2.30. The van der Waals surface area contributed by atoms with E-state index in [0.717, 1.165) is 18.7 Å². The van der Waals surface area contributed by atoms with Crippen LogP contribution in [0.2, 0.25) is 0 Å². The van der Waals surface area contributed by atoms with Crippen molar-refractivity contribution in [1.29, 1.82) is 0 Å². The summed E-state index contributed by atoms with van der Waals surface area (Å²) in [5, 5.41) is 0. The lowest BCUT2D eigenvalue weighted by Gasteiger charge is -2.36. The summed E-state index contributed by atoms with van der Waals surface area (Å²) in [4.78, 5) is 5.37. The van der Waals surface area contributed by atoms with Crippen LogP contribution in [-0.4, -0.2) is 51.3 Å². The molecule has 0 saturated carbocycles. The molecule has 3 rings (SSSR count). The van der Waals surface area contributed by atoms with Gasteiger partial charge in [0.1, 0.15) is 18.2 Å². The Morgan fingerprint density at radius 3 is 2.42 bits per heavy atom. The number of piperazine rings is 1. The average Bonchev–Trinajstić information content (AvgIpc) is 2.54. The molecule has 2 heterocycles. The van der Waals surface area contributed by atoms with Crippen LogP contribution in [0.1, 0.15) is 12.5 Å². The maximum atomic E-state index is 15.2. The molecule has 0 bridgehead atoms. The summed E-state index contributed by atoms with van der Waals surface area (Å²) in [7, 11) is 1.98. The smallest absolute Gasteiger partial charge is 0.173 e. The first-order chi connectivity index (χ1) is 11.4. The number of rotatable bonds is 3. The summed E-state index contributed by atoms with van der Waals surface area (Å²) in [6, 6.07) is 1.33. The molecule has 130 valence electrons. The van der Waals surface area contributed by atoms with Crippen molar-refractivity contribution in [1.82, 2.24) is 4.90 Å². The van der Waals surface area contributed by atoms with Crippen molar-refractivity contribution in [3.63, 3.8) is 0 Å². The summed E-state index contributed by atoms with van der Waals surface area (Å²) in [5.74, 6) is -1.22. The van der Waals surface area contributed by atoms with Crippen molar-refractivity contribution in [2.75, 3.05) is 56.2 Å². The molecule has 2 aliphatic rings. The molecule has 3 nitrogen and oxygen atoms in total. The average molecular weight is 337 g/mol. The van der Waals surface area contributed by atoms with Crippen LogP contribution < -0.4 is 9.80 Å². The third-order valence-corrected chi connectivity index (χ3v) is 4.75. The van der Waals surface area contributed by atoms with Crippen molar-refractivity contribution in [2.45, 2.75) is 6.92 Å². The Hall–Kier alpha value is -1.95. The van der Waals surface area contributed by atoms with Gasteiger partial charge in [-0.3, -0.25) is 0 Å². The Balaban J connectivity index is 2.09. The van der Waals surface area contributed by atoms with E-state index in [1.54, 1.807) is 18.0 Å². The van der Waals surface area contributed by atoms with Crippen LogP contribution in [0.4, 0.5) is 24.5 Å². The van der Waals surface area contributed by atoms with Gasteiger partial charge in [0.25, 0.3) is 0 Å². The van der Waals surface area contributed by atoms with Gasteiger partial charge < -0.3 is 14.7 Å². The van der Waals surface area contributed by atoms with E-state index in [1.807, 2.05) is 7.05 Å². The lowest BCUT2D eigenvalue weighted by atomic mass is 9.94. The minimum Gasteiger partial charge on any atom is -0.364 e. The largest absolute Gasteiger partial charge is 0.364 e. The predicted molar refractivity (Wildman–Crippen MR) is 92.2 cm³/mol. The lowest BCUT2D eigenvalue weighted by molar-refractivity contribution is 0.310. The summed E-state index contributed by atoms with van der Waals surface area (Å²) < 4.78 is 42.8. The molecule has 2 aliphatic heterocycles. The van der Waals surface area contributed by atoms with Crippen LogP contribution >= 0.6 is 0 Å². The minimum atomic E-state index is -0.632. The van der Waals surface area contributed by atoms with Crippen LogP contribution in [-0.2, 0) is 0 Å². The number of benzene rings is 1. The quantitative estimate of drug-likeness (QED) is 0.837. The molecule has 0 N–H and O–H groups in total. The van der Waals surface area contributed by atoms with Crippen molar-refractivity contribution in [3.05, 3.63) is 41.6 Å². The highest BCUT2D eigenvalue weighted by Crippen LogP contribution is 2.42. The lowest BCUT2D eigenvalue weighted by Crippen LogP contribution is -2.45. The maximum Gasteiger partial charge on any atom is 0.173 e. The highest BCUT2D eigenvalue weighted by atomic mass is 19.1. The van der Waals surface area contributed by atoms with Crippen LogP contribution in [0.3, 0.4) is 0 Å². The number of hydrogen-bond acceptors (Lipinski definition) is 3. The Kier molecular flexibility index (Phi) is 4.58. The number of halogens is 3. The molecule has 0 spiro atoms. The van der Waals surface area contributed by atoms with E-state index < -0.39 is 18.3 Å². The Morgan fingerprint density at radius 2 is 1.79 bits per heavy atom. The summed E-state index contributed by atoms with van der Waals surface area (Å²) >= 11 is 0. The monoisotopic (exact) mass is 337 g/mol. The number of hydrogen-bond donors (Lipinski definition) is 0. The zero-order valence-corrected chi connectivity index (χ0v) is 14.1. The first kappa shape index (κ1) is 16.9. The number of allylic oxidation sites excluding steroid dienone is 2. The van der Waals surface area contributed by atoms with Crippen LogP contribution in [0.5, 0.6) is 0 Å². The first-order valence-electron chi connectivity index (χ1n) is 8.10. The van der Waals surface area contributed by atoms with Crippen molar-refractivity contribution < 1.29 is 13.2 Å². The second-order valence-electron chi connectivity index (χ2n) is 6.38. The SMILES string of the molecule is C=C1C(C)=CN(CCF)c2c1cc(F)c(N1CCN(C)CC1)c2F. The highest BCUT2D eigenvalue weighted by molar-refractivity contribution is 5.90. The number of alkyl halides is 1. The van der Waals surface area contributed by atoms with E-state index >= 15 is 4.39 Å². The number of anilines is 2. The summed E-state index contributed by atoms with van der Waals surface area (Å²) in [6.07, 6.45) is 1.68. The molecular formula is C18H22F3N3. The Morgan fingerprint density at radius 1 is 1.12 bits per heavy atom. The third kappa shape index (κ3) is 2.79. The fourth-order valence-corrected chi connectivity index (χ4v) is 3.29. The molecule has 0 unspecified atom stereocenters. The van der Waals surface area contributed by atoms with Crippen LogP contribution in [0, 0.1) is 11.6 Å². The van der Waals surface area contributed by atoms with Crippen molar-refractivity contribution in [2.24, 2.45) is 0 Å². The molecule has 1 aromatic rings. The molecule has 0 aliphatic carbocycles. The van der Waals surface area contributed by atoms with E-state index in [-0.39, 0.29) is 17.9 Å². The molecule has 6 heteroatoms. The van der Waals surface area contributed by atoms with Gasteiger partial charge in [-0.05, 0) is 31.2 Å². The second-order valence-corrected chi connectivity index (χ2v) is 6.38. The fraction of sp³-hybridized carbons (Fsp3) is 0.444. The van der Waals surface area contributed by atoms with E-state index in [0.29, 0.717) is 24.2 Å². The van der Waals surface area contributed by atoms with E-state index in [9.17, 15) is 8.78 Å². The van der Waals surface area contributed by atoms with Gasteiger partial charge >= 0.3 is 0 Å². The molecule has 0 radical (unpaired) electrons. The zero-order chi connectivity index (χ0) is 17.4. The Bertz CT molecular complexity index is 691. The standard InChI is InChI=1S/C18H22F3N3/c1-12-11-24(5-4-19)17-14(13(12)2)10-15(20)18(16(17)21)23-8-6-22(3)7-9-23/h10-11H,2,4-9H2,1,3H3.